The van der Waals surface area contributed by atoms with E-state index in [-0.39, 0.29) is 22.3 Å². The number of nitrogens with zero attached hydrogens (tertiary/aromatic N) is 3. The molecule has 0 amide bonds. The maximum Gasteiger partial charge on any atom is 0.283 e. The number of rotatable bonds is 2. The summed E-state index contributed by atoms with van der Waals surface area (Å²) in [6, 6.07) is 13.1. The van der Waals surface area contributed by atoms with E-state index < -0.39 is 0 Å². The van der Waals surface area contributed by atoms with Gasteiger partial charge in [-0.1, -0.05) is 26.0 Å². The zero-order chi connectivity index (χ0) is 17.7. The molecule has 0 unspecified atom stereocenters. The Balaban J connectivity index is 2.29. The molecule has 0 aliphatic carbocycles. The SMILES string of the molecule is CC(C)c1cc2c(c(=O)c3ccccc3n2C)c(=O)n1-n1cccc1. The molecular weight excluding hydrogens is 314 g/mol. The minimum absolute atomic E-state index is 0.126. The van der Waals surface area contributed by atoms with Crippen molar-refractivity contribution < 1.29 is 0 Å². The predicted molar refractivity (Wildman–Crippen MR) is 100 cm³/mol. The minimum Gasteiger partial charge on any atom is -0.343 e. The van der Waals surface area contributed by atoms with E-state index >= 15 is 0 Å². The van der Waals surface area contributed by atoms with E-state index in [1.807, 2.05) is 74.3 Å². The zero-order valence-corrected chi connectivity index (χ0v) is 14.4. The van der Waals surface area contributed by atoms with Crippen LogP contribution in [0.1, 0.15) is 25.5 Å². The number of hydrogen-bond donors (Lipinski definition) is 0. The van der Waals surface area contributed by atoms with Gasteiger partial charge in [0.2, 0.25) is 5.43 Å². The third-order valence-corrected chi connectivity index (χ3v) is 4.70. The van der Waals surface area contributed by atoms with Crippen molar-refractivity contribution in [3.63, 3.8) is 0 Å². The zero-order valence-electron chi connectivity index (χ0n) is 14.4. The lowest BCUT2D eigenvalue weighted by atomic mass is 10.1. The number of aryl methyl sites for hydroxylation is 1. The molecule has 0 saturated carbocycles. The molecule has 126 valence electrons. The van der Waals surface area contributed by atoms with E-state index in [0.29, 0.717) is 10.9 Å². The van der Waals surface area contributed by atoms with Gasteiger partial charge in [-0.05, 0) is 36.2 Å². The van der Waals surface area contributed by atoms with E-state index in [1.165, 1.54) is 0 Å². The fourth-order valence-corrected chi connectivity index (χ4v) is 3.41. The first kappa shape index (κ1) is 15.4. The van der Waals surface area contributed by atoms with Gasteiger partial charge in [-0.15, -0.1) is 0 Å². The predicted octanol–water partition coefficient (Wildman–Crippen LogP) is 3.09. The summed E-state index contributed by atoms with van der Waals surface area (Å²) in [7, 11) is 1.90. The summed E-state index contributed by atoms with van der Waals surface area (Å²) in [5.74, 6) is 0.126. The highest BCUT2D eigenvalue weighted by molar-refractivity contribution is 5.93. The lowest BCUT2D eigenvalue weighted by Gasteiger charge is -2.19. The van der Waals surface area contributed by atoms with Crippen LogP contribution in [0.5, 0.6) is 0 Å². The second-order valence-electron chi connectivity index (χ2n) is 6.57. The average molecular weight is 333 g/mol. The van der Waals surface area contributed by atoms with Crippen LogP contribution < -0.4 is 11.0 Å². The molecule has 0 aliphatic heterocycles. The average Bonchev–Trinajstić information content (AvgIpc) is 3.13. The van der Waals surface area contributed by atoms with Crippen molar-refractivity contribution in [1.82, 2.24) is 13.9 Å². The van der Waals surface area contributed by atoms with Gasteiger partial charge in [0.1, 0.15) is 5.39 Å². The Bertz CT molecular complexity index is 1210. The van der Waals surface area contributed by atoms with Crippen molar-refractivity contribution in [2.75, 3.05) is 0 Å². The van der Waals surface area contributed by atoms with E-state index in [0.717, 1.165) is 11.2 Å². The molecule has 0 spiro atoms. The summed E-state index contributed by atoms with van der Waals surface area (Å²) in [5, 5.41) is 0.783. The molecule has 3 heterocycles. The van der Waals surface area contributed by atoms with E-state index in [2.05, 4.69) is 0 Å². The summed E-state index contributed by atoms with van der Waals surface area (Å²) in [6.07, 6.45) is 3.62. The van der Waals surface area contributed by atoms with Gasteiger partial charge in [-0.25, -0.2) is 4.68 Å². The first-order chi connectivity index (χ1) is 12.0. The Morgan fingerprint density at radius 3 is 2.28 bits per heavy atom. The monoisotopic (exact) mass is 333 g/mol. The quantitative estimate of drug-likeness (QED) is 0.529. The largest absolute Gasteiger partial charge is 0.343 e. The third-order valence-electron chi connectivity index (χ3n) is 4.70. The van der Waals surface area contributed by atoms with Crippen LogP contribution in [-0.2, 0) is 7.05 Å². The minimum atomic E-state index is -0.288. The Morgan fingerprint density at radius 2 is 1.60 bits per heavy atom. The molecule has 4 aromatic rings. The standard InChI is InChI=1S/C20H19N3O2/c1-13(2)16-12-17-18(20(25)23(16)22-10-6-7-11-22)19(24)14-8-4-5-9-15(14)21(17)3/h4-13H,1-3H3. The third kappa shape index (κ3) is 2.16. The van der Waals surface area contributed by atoms with Gasteiger partial charge in [-0.2, -0.15) is 0 Å². The summed E-state index contributed by atoms with van der Waals surface area (Å²) in [6.45, 7) is 4.08. The molecule has 5 heteroatoms. The molecule has 0 radical (unpaired) electrons. The molecular formula is C20H19N3O2. The maximum atomic E-state index is 13.3. The van der Waals surface area contributed by atoms with E-state index in [9.17, 15) is 9.59 Å². The smallest absolute Gasteiger partial charge is 0.283 e. The fourth-order valence-electron chi connectivity index (χ4n) is 3.41. The number of hydrogen-bond acceptors (Lipinski definition) is 2. The summed E-state index contributed by atoms with van der Waals surface area (Å²) in [4.78, 5) is 26.3. The molecule has 25 heavy (non-hydrogen) atoms. The lowest BCUT2D eigenvalue weighted by molar-refractivity contribution is 0.578. The highest BCUT2D eigenvalue weighted by atomic mass is 16.1. The molecule has 0 N–H and O–H groups in total. The van der Waals surface area contributed by atoms with Crippen molar-refractivity contribution >= 4 is 21.8 Å². The molecule has 1 aromatic carbocycles. The number of aromatic nitrogens is 3. The van der Waals surface area contributed by atoms with Crippen LogP contribution >= 0.6 is 0 Å². The number of benzene rings is 1. The first-order valence-corrected chi connectivity index (χ1v) is 8.31. The fraction of sp³-hybridized carbons (Fsp3) is 0.200. The molecule has 0 saturated heterocycles. The van der Waals surface area contributed by atoms with Gasteiger partial charge in [0.15, 0.2) is 0 Å². The van der Waals surface area contributed by atoms with E-state index in [1.54, 1.807) is 15.4 Å². The highest BCUT2D eigenvalue weighted by Gasteiger charge is 2.18. The normalized spacial score (nSPS) is 11.7. The first-order valence-electron chi connectivity index (χ1n) is 8.31. The van der Waals surface area contributed by atoms with Crippen LogP contribution in [0, 0.1) is 0 Å². The summed E-state index contributed by atoms with van der Waals surface area (Å²) < 4.78 is 5.24. The van der Waals surface area contributed by atoms with Gasteiger partial charge < -0.3 is 4.57 Å². The highest BCUT2D eigenvalue weighted by Crippen LogP contribution is 2.21. The Labute approximate surface area is 144 Å². The molecule has 0 atom stereocenters. The maximum absolute atomic E-state index is 13.3. The van der Waals surface area contributed by atoms with Crippen LogP contribution in [0.3, 0.4) is 0 Å². The Kier molecular flexibility index (Phi) is 3.39. The van der Waals surface area contributed by atoms with Crippen LogP contribution in [-0.4, -0.2) is 13.9 Å². The van der Waals surface area contributed by atoms with Crippen molar-refractivity contribution in [2.45, 2.75) is 19.8 Å². The topological polar surface area (TPSA) is 48.9 Å². The van der Waals surface area contributed by atoms with E-state index in [4.69, 9.17) is 0 Å². The molecule has 4 rings (SSSR count). The molecule has 5 nitrogen and oxygen atoms in total. The Morgan fingerprint density at radius 1 is 0.920 bits per heavy atom. The molecule has 0 aliphatic rings. The molecule has 0 bridgehead atoms. The second-order valence-corrected chi connectivity index (χ2v) is 6.57. The summed E-state index contributed by atoms with van der Waals surface area (Å²) in [5.41, 5.74) is 1.85. The number of fused-ring (bicyclic) bond motifs is 2. The van der Waals surface area contributed by atoms with Crippen molar-refractivity contribution in [3.8, 4) is 0 Å². The van der Waals surface area contributed by atoms with Crippen molar-refractivity contribution in [2.24, 2.45) is 7.05 Å². The van der Waals surface area contributed by atoms with Crippen LogP contribution in [0.15, 0.2) is 64.4 Å². The summed E-state index contributed by atoms with van der Waals surface area (Å²) >= 11 is 0. The van der Waals surface area contributed by atoms with Crippen LogP contribution in [0.4, 0.5) is 0 Å². The van der Waals surface area contributed by atoms with Crippen LogP contribution in [0.2, 0.25) is 0 Å². The van der Waals surface area contributed by atoms with Gasteiger partial charge >= 0.3 is 0 Å². The van der Waals surface area contributed by atoms with Crippen molar-refractivity contribution in [3.05, 3.63) is 81.1 Å². The molecule has 3 aromatic heterocycles. The van der Waals surface area contributed by atoms with Gasteiger partial charge in [-0.3, -0.25) is 14.3 Å². The number of pyridine rings is 2. The van der Waals surface area contributed by atoms with Gasteiger partial charge in [0.05, 0.1) is 11.0 Å². The second kappa shape index (κ2) is 5.48. The molecule has 0 fully saturated rings. The lowest BCUT2D eigenvalue weighted by Crippen LogP contribution is -2.32. The van der Waals surface area contributed by atoms with Gasteiger partial charge in [0.25, 0.3) is 5.56 Å². The van der Waals surface area contributed by atoms with Crippen LogP contribution in [0.25, 0.3) is 21.8 Å². The van der Waals surface area contributed by atoms with Gasteiger partial charge in [0, 0.05) is 30.5 Å². The van der Waals surface area contributed by atoms with Crippen molar-refractivity contribution in [1.29, 1.82) is 0 Å². The number of para-hydroxylation sites is 1. The Hall–Kier alpha value is -3.08.